The topological polar surface area (TPSA) is 45.0 Å². The molecule has 0 radical (unpaired) electrons. The van der Waals surface area contributed by atoms with Gasteiger partial charge in [0.15, 0.2) is 0 Å². The van der Waals surface area contributed by atoms with Gasteiger partial charge in [-0.2, -0.15) is 0 Å². The molecule has 0 fully saturated rings. The number of aliphatic imine (C=N–C) groups is 1. The third kappa shape index (κ3) is 1.83. The smallest absolute Gasteiger partial charge is 0.126 e. The van der Waals surface area contributed by atoms with E-state index in [1.807, 2.05) is 0 Å². The van der Waals surface area contributed by atoms with Gasteiger partial charge in [0.1, 0.15) is 5.82 Å². The predicted molar refractivity (Wildman–Crippen MR) is 61.4 cm³/mol. The number of oxime groups is 1. The monoisotopic (exact) mass is 220 g/mol. The molecule has 0 aliphatic carbocycles. The van der Waals surface area contributed by atoms with Gasteiger partial charge < -0.3 is 5.21 Å². The van der Waals surface area contributed by atoms with Gasteiger partial charge in [-0.05, 0) is 23.6 Å². The average molecular weight is 220 g/mol. The first-order valence-corrected chi connectivity index (χ1v) is 5.19. The van der Waals surface area contributed by atoms with Crippen LogP contribution in [0.3, 0.4) is 0 Å². The Hall–Kier alpha value is -1.71. The summed E-state index contributed by atoms with van der Waals surface area (Å²) in [5, 5.41) is 11.5. The first-order valence-electron chi connectivity index (χ1n) is 5.19. The van der Waals surface area contributed by atoms with Gasteiger partial charge in [0, 0.05) is 17.7 Å². The van der Waals surface area contributed by atoms with Crippen LogP contribution in [0.25, 0.3) is 0 Å². The van der Waals surface area contributed by atoms with Crippen molar-refractivity contribution < 1.29 is 9.60 Å². The molecule has 0 atom stereocenters. The fourth-order valence-corrected chi connectivity index (χ4v) is 1.82. The summed E-state index contributed by atoms with van der Waals surface area (Å²) in [6.07, 6.45) is 1.95. The van der Waals surface area contributed by atoms with Gasteiger partial charge in [-0.3, -0.25) is 4.99 Å². The Morgan fingerprint density at radius 2 is 2.25 bits per heavy atom. The van der Waals surface area contributed by atoms with Gasteiger partial charge in [0.25, 0.3) is 0 Å². The first-order chi connectivity index (χ1) is 7.61. The molecule has 1 aliphatic rings. The van der Waals surface area contributed by atoms with Crippen LogP contribution in [0.1, 0.15) is 25.0 Å². The Morgan fingerprint density at radius 3 is 2.88 bits per heavy atom. The van der Waals surface area contributed by atoms with Crippen LogP contribution in [0.4, 0.5) is 10.1 Å². The highest BCUT2D eigenvalue weighted by Gasteiger charge is 2.20. The molecule has 2 rings (SSSR count). The van der Waals surface area contributed by atoms with Crippen molar-refractivity contribution >= 4 is 17.6 Å². The summed E-state index contributed by atoms with van der Waals surface area (Å²) in [5.41, 5.74) is 3.21. The van der Waals surface area contributed by atoms with Gasteiger partial charge in [0.2, 0.25) is 0 Å². The second kappa shape index (κ2) is 4.04. The highest BCUT2D eigenvalue weighted by atomic mass is 19.1. The lowest BCUT2D eigenvalue weighted by atomic mass is 9.99. The van der Waals surface area contributed by atoms with E-state index in [1.54, 1.807) is 0 Å². The molecule has 1 aliphatic heterocycles. The second-order valence-electron chi connectivity index (χ2n) is 4.17. The minimum atomic E-state index is -0.359. The minimum Gasteiger partial charge on any atom is -0.411 e. The van der Waals surface area contributed by atoms with Gasteiger partial charge in [-0.25, -0.2) is 4.39 Å². The van der Waals surface area contributed by atoms with Crippen LogP contribution < -0.4 is 0 Å². The van der Waals surface area contributed by atoms with Crippen molar-refractivity contribution in [3.05, 3.63) is 29.1 Å². The summed E-state index contributed by atoms with van der Waals surface area (Å²) in [7, 11) is 0. The maximum Gasteiger partial charge on any atom is 0.126 e. The van der Waals surface area contributed by atoms with Gasteiger partial charge >= 0.3 is 0 Å². The Morgan fingerprint density at radius 1 is 1.50 bits per heavy atom. The molecule has 3 nitrogen and oxygen atoms in total. The SMILES string of the molecule is CC(C)C1=Nc2cc(F)cc(C=NO)c2C1. The number of hydrogen-bond donors (Lipinski definition) is 1. The van der Waals surface area contributed by atoms with Crippen LogP contribution >= 0.6 is 0 Å². The summed E-state index contributed by atoms with van der Waals surface area (Å²) in [4.78, 5) is 4.39. The summed E-state index contributed by atoms with van der Waals surface area (Å²) in [5.74, 6) is -0.0169. The molecule has 16 heavy (non-hydrogen) atoms. The standard InChI is InChI=1S/C12H13FN2O/c1-7(2)11-5-10-8(6-14-16)3-9(13)4-12(10)15-11/h3-4,6-7,16H,5H2,1-2H3. The lowest BCUT2D eigenvalue weighted by Gasteiger charge is -2.04. The molecule has 1 heterocycles. The molecule has 0 saturated carbocycles. The minimum absolute atomic E-state index is 0.342. The van der Waals surface area contributed by atoms with Crippen molar-refractivity contribution in [1.29, 1.82) is 0 Å². The summed E-state index contributed by atoms with van der Waals surface area (Å²) in [6, 6.07) is 2.77. The van der Waals surface area contributed by atoms with Gasteiger partial charge in [-0.15, -0.1) is 0 Å². The zero-order valence-electron chi connectivity index (χ0n) is 9.24. The number of halogens is 1. The summed E-state index contributed by atoms with van der Waals surface area (Å²) in [6.45, 7) is 4.11. The quantitative estimate of drug-likeness (QED) is 0.465. The molecule has 0 amide bonds. The van der Waals surface area contributed by atoms with Gasteiger partial charge in [-0.1, -0.05) is 19.0 Å². The Labute approximate surface area is 93.3 Å². The highest BCUT2D eigenvalue weighted by Crippen LogP contribution is 2.31. The van der Waals surface area contributed by atoms with E-state index in [2.05, 4.69) is 24.0 Å². The number of nitrogens with zero attached hydrogens (tertiary/aromatic N) is 2. The molecule has 1 N–H and O–H groups in total. The van der Waals surface area contributed by atoms with Crippen molar-refractivity contribution in [3.63, 3.8) is 0 Å². The highest BCUT2D eigenvalue weighted by molar-refractivity contribution is 5.98. The van der Waals surface area contributed by atoms with Crippen molar-refractivity contribution in [2.24, 2.45) is 16.1 Å². The van der Waals surface area contributed by atoms with Crippen molar-refractivity contribution in [2.45, 2.75) is 20.3 Å². The lowest BCUT2D eigenvalue weighted by Crippen LogP contribution is -2.07. The molecule has 84 valence electrons. The average Bonchev–Trinajstić information content (AvgIpc) is 2.61. The Kier molecular flexibility index (Phi) is 2.73. The maximum atomic E-state index is 13.3. The summed E-state index contributed by atoms with van der Waals surface area (Å²) < 4.78 is 13.3. The van der Waals surface area contributed by atoms with E-state index in [9.17, 15) is 4.39 Å². The van der Waals surface area contributed by atoms with E-state index in [-0.39, 0.29) is 5.82 Å². The molecule has 0 aromatic heterocycles. The number of benzene rings is 1. The van der Waals surface area contributed by atoms with E-state index in [1.165, 1.54) is 18.3 Å². The number of rotatable bonds is 2. The third-order valence-electron chi connectivity index (χ3n) is 2.71. The van der Waals surface area contributed by atoms with E-state index >= 15 is 0 Å². The zero-order valence-corrected chi connectivity index (χ0v) is 9.24. The number of fused-ring (bicyclic) bond motifs is 1. The third-order valence-corrected chi connectivity index (χ3v) is 2.71. The normalized spacial score (nSPS) is 14.6. The van der Waals surface area contributed by atoms with Crippen LogP contribution in [0, 0.1) is 11.7 Å². The maximum absolute atomic E-state index is 13.3. The van der Waals surface area contributed by atoms with Crippen molar-refractivity contribution in [2.75, 3.05) is 0 Å². The van der Waals surface area contributed by atoms with Crippen molar-refractivity contribution in [3.8, 4) is 0 Å². The predicted octanol–water partition coefficient (Wildman–Crippen LogP) is 2.92. The van der Waals surface area contributed by atoms with Crippen LogP contribution in [0.15, 0.2) is 22.3 Å². The molecule has 0 bridgehead atoms. The molecule has 4 heteroatoms. The Bertz CT molecular complexity index is 478. The fourth-order valence-electron chi connectivity index (χ4n) is 1.82. The molecular weight excluding hydrogens is 207 g/mol. The molecule has 0 unspecified atom stereocenters. The number of hydrogen-bond acceptors (Lipinski definition) is 3. The van der Waals surface area contributed by atoms with E-state index in [4.69, 9.17) is 5.21 Å². The van der Waals surface area contributed by atoms with E-state index in [0.29, 0.717) is 23.6 Å². The Balaban J connectivity index is 2.48. The van der Waals surface area contributed by atoms with Crippen LogP contribution in [-0.2, 0) is 6.42 Å². The van der Waals surface area contributed by atoms with Crippen LogP contribution in [0.5, 0.6) is 0 Å². The molecular formula is C12H13FN2O. The van der Waals surface area contributed by atoms with Crippen LogP contribution in [-0.4, -0.2) is 17.1 Å². The lowest BCUT2D eigenvalue weighted by molar-refractivity contribution is 0.322. The molecule has 1 aromatic rings. The zero-order chi connectivity index (χ0) is 11.7. The first kappa shape index (κ1) is 10.8. The largest absolute Gasteiger partial charge is 0.411 e. The summed E-state index contributed by atoms with van der Waals surface area (Å²) >= 11 is 0. The molecule has 0 spiro atoms. The molecule has 0 saturated heterocycles. The van der Waals surface area contributed by atoms with E-state index in [0.717, 1.165) is 11.3 Å². The second-order valence-corrected chi connectivity index (χ2v) is 4.17. The van der Waals surface area contributed by atoms with Crippen molar-refractivity contribution in [1.82, 2.24) is 0 Å². The van der Waals surface area contributed by atoms with Gasteiger partial charge in [0.05, 0.1) is 11.9 Å². The molecule has 1 aromatic carbocycles. The van der Waals surface area contributed by atoms with E-state index < -0.39 is 0 Å². The van der Waals surface area contributed by atoms with Crippen LogP contribution in [0.2, 0.25) is 0 Å². The fraction of sp³-hybridized carbons (Fsp3) is 0.333.